The molecule has 2 aromatic rings. The van der Waals surface area contributed by atoms with Gasteiger partial charge in [0.05, 0.1) is 24.3 Å². The van der Waals surface area contributed by atoms with Gasteiger partial charge in [-0.2, -0.15) is 4.98 Å². The summed E-state index contributed by atoms with van der Waals surface area (Å²) in [5, 5.41) is 4.64. The number of halogens is 1. The highest BCUT2D eigenvalue weighted by molar-refractivity contribution is 6.31. The lowest BCUT2D eigenvalue weighted by atomic mass is 9.98. The summed E-state index contributed by atoms with van der Waals surface area (Å²) in [4.78, 5) is 18.8. The number of carbonyl (C=O) groups is 1. The van der Waals surface area contributed by atoms with Crippen LogP contribution in [0.3, 0.4) is 0 Å². The molecule has 8 heteroatoms. The molecule has 2 fully saturated rings. The van der Waals surface area contributed by atoms with Crippen molar-refractivity contribution in [3.63, 3.8) is 0 Å². The Bertz CT molecular complexity index is 832. The maximum Gasteiger partial charge on any atom is 0.232 e. The Kier molecular flexibility index (Phi) is 4.36. The molecule has 2 aliphatic rings. The zero-order valence-corrected chi connectivity index (χ0v) is 15.3. The van der Waals surface area contributed by atoms with Crippen LogP contribution in [0.1, 0.15) is 49.7 Å². The van der Waals surface area contributed by atoms with E-state index in [9.17, 15) is 4.79 Å². The van der Waals surface area contributed by atoms with E-state index in [-0.39, 0.29) is 11.8 Å². The molecule has 2 heterocycles. The Morgan fingerprint density at radius 2 is 2.15 bits per heavy atom. The minimum absolute atomic E-state index is 0.0290. The molecule has 138 valence electrons. The van der Waals surface area contributed by atoms with Crippen LogP contribution in [-0.4, -0.2) is 29.7 Å². The Morgan fingerprint density at radius 1 is 1.38 bits per heavy atom. The summed E-state index contributed by atoms with van der Waals surface area (Å²) in [6.45, 7) is 0.439. The molecule has 4 rings (SSSR count). The summed E-state index contributed by atoms with van der Waals surface area (Å²) >= 11 is 6.10. The van der Waals surface area contributed by atoms with Crippen LogP contribution in [0.25, 0.3) is 0 Å². The first-order valence-corrected chi connectivity index (χ1v) is 9.15. The minimum atomic E-state index is -0.500. The van der Waals surface area contributed by atoms with Gasteiger partial charge in [0.2, 0.25) is 11.8 Å². The van der Waals surface area contributed by atoms with E-state index in [1.165, 1.54) is 0 Å². The SMILES string of the molecule is COc1ccc(Cl)cc1N1CC(c2nc(C3(N)CCCC3)no2)CC1=O. The Hall–Kier alpha value is -2.12. The first-order chi connectivity index (χ1) is 12.5. The molecular formula is C18H21ClN4O3. The molecular weight excluding hydrogens is 356 g/mol. The average molecular weight is 377 g/mol. The maximum atomic E-state index is 12.6. The highest BCUT2D eigenvalue weighted by Crippen LogP contribution is 2.39. The second kappa shape index (κ2) is 6.55. The van der Waals surface area contributed by atoms with Crippen LogP contribution >= 0.6 is 11.6 Å². The third-order valence-corrected chi connectivity index (χ3v) is 5.52. The van der Waals surface area contributed by atoms with Gasteiger partial charge in [0, 0.05) is 18.0 Å². The number of aromatic nitrogens is 2. The van der Waals surface area contributed by atoms with Crippen LogP contribution in [0.5, 0.6) is 5.75 Å². The Labute approximate surface area is 156 Å². The van der Waals surface area contributed by atoms with E-state index in [2.05, 4.69) is 10.1 Å². The lowest BCUT2D eigenvalue weighted by Gasteiger charge is -2.19. The molecule has 1 atom stereocenters. The van der Waals surface area contributed by atoms with E-state index < -0.39 is 5.54 Å². The van der Waals surface area contributed by atoms with Gasteiger partial charge in [-0.1, -0.05) is 29.6 Å². The van der Waals surface area contributed by atoms with E-state index in [4.69, 9.17) is 26.6 Å². The van der Waals surface area contributed by atoms with E-state index in [0.29, 0.717) is 41.1 Å². The smallest absolute Gasteiger partial charge is 0.232 e. The fourth-order valence-corrected chi connectivity index (χ4v) is 3.98. The molecule has 0 radical (unpaired) electrons. The van der Waals surface area contributed by atoms with Crippen molar-refractivity contribution in [3.8, 4) is 5.75 Å². The third kappa shape index (κ3) is 2.95. The first-order valence-electron chi connectivity index (χ1n) is 8.77. The number of benzene rings is 1. The highest BCUT2D eigenvalue weighted by Gasteiger charge is 2.40. The first kappa shape index (κ1) is 17.3. The number of rotatable bonds is 4. The molecule has 1 aliphatic heterocycles. The van der Waals surface area contributed by atoms with Gasteiger partial charge in [-0.25, -0.2) is 0 Å². The fourth-order valence-electron chi connectivity index (χ4n) is 3.81. The van der Waals surface area contributed by atoms with Gasteiger partial charge >= 0.3 is 0 Å². The zero-order chi connectivity index (χ0) is 18.3. The molecule has 1 amide bonds. The second-order valence-corrected chi connectivity index (χ2v) is 7.48. The van der Waals surface area contributed by atoms with Crippen molar-refractivity contribution in [1.82, 2.24) is 10.1 Å². The van der Waals surface area contributed by atoms with Crippen molar-refractivity contribution >= 4 is 23.2 Å². The quantitative estimate of drug-likeness (QED) is 0.881. The van der Waals surface area contributed by atoms with Crippen LogP contribution in [-0.2, 0) is 10.3 Å². The predicted octanol–water partition coefficient (Wildman–Crippen LogP) is 2.98. The van der Waals surface area contributed by atoms with Gasteiger partial charge in [0.1, 0.15) is 5.75 Å². The van der Waals surface area contributed by atoms with Crippen molar-refractivity contribution in [2.75, 3.05) is 18.6 Å². The summed E-state index contributed by atoms with van der Waals surface area (Å²) in [7, 11) is 1.57. The molecule has 26 heavy (non-hydrogen) atoms. The third-order valence-electron chi connectivity index (χ3n) is 5.29. The standard InChI is InChI=1S/C18H21ClN4O3/c1-25-14-5-4-12(19)9-13(14)23-10-11(8-15(23)24)16-21-17(22-26-16)18(20)6-2-3-7-18/h4-5,9,11H,2-3,6-8,10,20H2,1H3. The number of anilines is 1. The summed E-state index contributed by atoms with van der Waals surface area (Å²) in [6.07, 6.45) is 4.17. The number of hydrogen-bond acceptors (Lipinski definition) is 6. The van der Waals surface area contributed by atoms with E-state index in [0.717, 1.165) is 25.7 Å². The summed E-state index contributed by atoms with van der Waals surface area (Å²) in [6, 6.07) is 5.21. The largest absolute Gasteiger partial charge is 0.495 e. The van der Waals surface area contributed by atoms with E-state index >= 15 is 0 Å². The molecule has 1 unspecified atom stereocenters. The van der Waals surface area contributed by atoms with E-state index in [1.54, 1.807) is 30.2 Å². The Morgan fingerprint density at radius 3 is 2.88 bits per heavy atom. The molecule has 1 saturated heterocycles. The summed E-state index contributed by atoms with van der Waals surface area (Å²) in [5.74, 6) is 1.42. The van der Waals surface area contributed by atoms with Crippen LogP contribution < -0.4 is 15.4 Å². The topological polar surface area (TPSA) is 94.5 Å². The van der Waals surface area contributed by atoms with Gasteiger partial charge < -0.3 is 19.9 Å². The molecule has 0 spiro atoms. The minimum Gasteiger partial charge on any atom is -0.495 e. The summed E-state index contributed by atoms with van der Waals surface area (Å²) in [5.41, 5.74) is 6.55. The van der Waals surface area contributed by atoms with Crippen molar-refractivity contribution in [2.24, 2.45) is 5.73 Å². The number of nitrogens with two attached hydrogens (primary N) is 1. The number of methoxy groups -OCH3 is 1. The van der Waals surface area contributed by atoms with Crippen LogP contribution in [0, 0.1) is 0 Å². The summed E-state index contributed by atoms with van der Waals surface area (Å²) < 4.78 is 10.8. The Balaban J connectivity index is 1.57. The molecule has 1 aromatic carbocycles. The van der Waals surface area contributed by atoms with Crippen molar-refractivity contribution < 1.29 is 14.1 Å². The van der Waals surface area contributed by atoms with Gasteiger partial charge in [0.25, 0.3) is 0 Å². The van der Waals surface area contributed by atoms with Crippen molar-refractivity contribution in [3.05, 3.63) is 34.9 Å². The maximum absolute atomic E-state index is 12.6. The zero-order valence-electron chi connectivity index (χ0n) is 14.6. The van der Waals surface area contributed by atoms with Crippen LogP contribution in [0.15, 0.2) is 22.7 Å². The molecule has 1 aromatic heterocycles. The molecule has 7 nitrogen and oxygen atoms in total. The highest BCUT2D eigenvalue weighted by atomic mass is 35.5. The van der Waals surface area contributed by atoms with Crippen LogP contribution in [0.2, 0.25) is 5.02 Å². The number of nitrogens with zero attached hydrogens (tertiary/aromatic N) is 3. The number of amides is 1. The fraction of sp³-hybridized carbons (Fsp3) is 0.500. The number of carbonyl (C=O) groups excluding carboxylic acids is 1. The normalized spacial score (nSPS) is 22.2. The van der Waals surface area contributed by atoms with Gasteiger partial charge in [-0.05, 0) is 31.0 Å². The van der Waals surface area contributed by atoms with Gasteiger partial charge in [0.15, 0.2) is 5.82 Å². The van der Waals surface area contributed by atoms with Crippen molar-refractivity contribution in [2.45, 2.75) is 43.6 Å². The molecule has 0 bridgehead atoms. The molecule has 2 N–H and O–H groups in total. The van der Waals surface area contributed by atoms with E-state index in [1.807, 2.05) is 0 Å². The van der Waals surface area contributed by atoms with Crippen molar-refractivity contribution in [1.29, 1.82) is 0 Å². The molecule has 1 aliphatic carbocycles. The number of ether oxygens (including phenoxy) is 1. The number of hydrogen-bond donors (Lipinski definition) is 1. The second-order valence-electron chi connectivity index (χ2n) is 7.04. The molecule has 1 saturated carbocycles. The van der Waals surface area contributed by atoms with Crippen LogP contribution in [0.4, 0.5) is 5.69 Å². The lowest BCUT2D eigenvalue weighted by molar-refractivity contribution is -0.117. The lowest BCUT2D eigenvalue weighted by Crippen LogP contribution is -2.34. The predicted molar refractivity (Wildman–Crippen MR) is 96.3 cm³/mol. The van der Waals surface area contributed by atoms with Gasteiger partial charge in [-0.15, -0.1) is 0 Å². The monoisotopic (exact) mass is 376 g/mol. The van der Waals surface area contributed by atoms with Gasteiger partial charge in [-0.3, -0.25) is 4.79 Å². The average Bonchev–Trinajstić information content (AvgIpc) is 3.34.